The second-order valence-electron chi connectivity index (χ2n) is 4.78. The summed E-state index contributed by atoms with van der Waals surface area (Å²) in [5.74, 6) is 1.26. The van der Waals surface area contributed by atoms with Crippen LogP contribution in [0.1, 0.15) is 30.6 Å². The molecule has 1 saturated heterocycles. The molecular weight excluding hydrogens is 216 g/mol. The molecule has 0 spiro atoms. The third kappa shape index (κ3) is 2.45. The molecular formula is C14H20O3. The SMILES string of the molecule is COc1ccc(C(O)C2OCCC2C)cc1C. The molecule has 3 unspecified atom stereocenters. The average Bonchev–Trinajstić information content (AvgIpc) is 2.74. The van der Waals surface area contributed by atoms with Crippen LogP contribution in [0.4, 0.5) is 0 Å². The van der Waals surface area contributed by atoms with E-state index in [0.717, 1.165) is 29.9 Å². The van der Waals surface area contributed by atoms with Gasteiger partial charge in [0.05, 0.1) is 13.2 Å². The summed E-state index contributed by atoms with van der Waals surface area (Å²) in [4.78, 5) is 0. The van der Waals surface area contributed by atoms with Gasteiger partial charge in [0.1, 0.15) is 11.9 Å². The molecule has 1 heterocycles. The Balaban J connectivity index is 2.19. The second kappa shape index (κ2) is 5.07. The number of ether oxygens (including phenoxy) is 2. The van der Waals surface area contributed by atoms with Crippen LogP contribution in [-0.2, 0) is 4.74 Å². The van der Waals surface area contributed by atoms with Gasteiger partial charge in [-0.2, -0.15) is 0 Å². The Morgan fingerprint density at radius 2 is 2.24 bits per heavy atom. The highest BCUT2D eigenvalue weighted by Crippen LogP contribution is 2.32. The number of hydrogen-bond acceptors (Lipinski definition) is 3. The Morgan fingerprint density at radius 1 is 1.47 bits per heavy atom. The van der Waals surface area contributed by atoms with Crippen LogP contribution in [0.3, 0.4) is 0 Å². The lowest BCUT2D eigenvalue weighted by atomic mass is 9.94. The van der Waals surface area contributed by atoms with E-state index in [-0.39, 0.29) is 6.10 Å². The number of methoxy groups -OCH3 is 1. The normalized spacial score (nSPS) is 25.9. The lowest BCUT2D eigenvalue weighted by molar-refractivity contribution is -0.0178. The van der Waals surface area contributed by atoms with Crippen LogP contribution in [0.2, 0.25) is 0 Å². The summed E-state index contributed by atoms with van der Waals surface area (Å²) in [5.41, 5.74) is 1.94. The van der Waals surface area contributed by atoms with Crippen molar-refractivity contribution in [1.29, 1.82) is 0 Å². The Morgan fingerprint density at radius 3 is 2.76 bits per heavy atom. The molecule has 3 atom stereocenters. The summed E-state index contributed by atoms with van der Waals surface area (Å²) in [5, 5.41) is 10.3. The van der Waals surface area contributed by atoms with Crippen LogP contribution in [0, 0.1) is 12.8 Å². The number of aliphatic hydroxyl groups excluding tert-OH is 1. The second-order valence-corrected chi connectivity index (χ2v) is 4.78. The molecule has 1 aliphatic rings. The highest BCUT2D eigenvalue weighted by atomic mass is 16.5. The Kier molecular flexibility index (Phi) is 3.69. The number of aryl methyl sites for hydroxylation is 1. The van der Waals surface area contributed by atoms with Crippen molar-refractivity contribution >= 4 is 0 Å². The molecule has 1 aromatic rings. The van der Waals surface area contributed by atoms with Gasteiger partial charge in [-0.3, -0.25) is 0 Å². The maximum atomic E-state index is 10.3. The van der Waals surface area contributed by atoms with E-state index in [1.54, 1.807) is 7.11 Å². The van der Waals surface area contributed by atoms with Gasteiger partial charge >= 0.3 is 0 Å². The molecule has 0 bridgehead atoms. The zero-order valence-electron chi connectivity index (χ0n) is 10.6. The average molecular weight is 236 g/mol. The fraction of sp³-hybridized carbons (Fsp3) is 0.571. The van der Waals surface area contributed by atoms with E-state index in [1.807, 2.05) is 25.1 Å². The molecule has 0 saturated carbocycles. The van der Waals surface area contributed by atoms with Crippen LogP contribution >= 0.6 is 0 Å². The van der Waals surface area contributed by atoms with E-state index >= 15 is 0 Å². The van der Waals surface area contributed by atoms with E-state index in [1.165, 1.54) is 0 Å². The molecule has 0 amide bonds. The van der Waals surface area contributed by atoms with Crippen molar-refractivity contribution in [2.45, 2.75) is 32.5 Å². The van der Waals surface area contributed by atoms with Crippen molar-refractivity contribution in [2.75, 3.05) is 13.7 Å². The molecule has 17 heavy (non-hydrogen) atoms. The van der Waals surface area contributed by atoms with Crippen LogP contribution in [0.15, 0.2) is 18.2 Å². The lowest BCUT2D eigenvalue weighted by Gasteiger charge is -2.22. The molecule has 1 fully saturated rings. The van der Waals surface area contributed by atoms with Gasteiger partial charge in [-0.1, -0.05) is 13.0 Å². The first kappa shape index (κ1) is 12.4. The smallest absolute Gasteiger partial charge is 0.121 e. The van der Waals surface area contributed by atoms with Crippen LogP contribution < -0.4 is 4.74 Å². The number of benzene rings is 1. The van der Waals surface area contributed by atoms with Crippen molar-refractivity contribution in [1.82, 2.24) is 0 Å². The number of hydrogen-bond donors (Lipinski definition) is 1. The fourth-order valence-corrected chi connectivity index (χ4v) is 2.40. The van der Waals surface area contributed by atoms with Gasteiger partial charge in [-0.25, -0.2) is 0 Å². The highest BCUT2D eigenvalue weighted by Gasteiger charge is 2.31. The molecule has 1 N–H and O–H groups in total. The largest absolute Gasteiger partial charge is 0.496 e. The molecule has 0 aliphatic carbocycles. The highest BCUT2D eigenvalue weighted by molar-refractivity contribution is 5.37. The topological polar surface area (TPSA) is 38.7 Å². The first-order valence-corrected chi connectivity index (χ1v) is 6.07. The van der Waals surface area contributed by atoms with Crippen LogP contribution in [0.5, 0.6) is 5.75 Å². The maximum absolute atomic E-state index is 10.3. The van der Waals surface area contributed by atoms with Gasteiger partial charge in [-0.05, 0) is 42.5 Å². The van der Waals surface area contributed by atoms with Gasteiger partial charge < -0.3 is 14.6 Å². The minimum Gasteiger partial charge on any atom is -0.496 e. The Hall–Kier alpha value is -1.06. The van der Waals surface area contributed by atoms with E-state index in [9.17, 15) is 5.11 Å². The molecule has 0 radical (unpaired) electrons. The van der Waals surface area contributed by atoms with Crippen molar-refractivity contribution < 1.29 is 14.6 Å². The van der Waals surface area contributed by atoms with Gasteiger partial charge in [-0.15, -0.1) is 0 Å². The summed E-state index contributed by atoms with van der Waals surface area (Å²) >= 11 is 0. The Bertz CT molecular complexity index is 389. The zero-order valence-corrected chi connectivity index (χ0v) is 10.6. The summed E-state index contributed by atoms with van der Waals surface area (Å²) in [6, 6.07) is 5.77. The van der Waals surface area contributed by atoms with Crippen molar-refractivity contribution in [3.63, 3.8) is 0 Å². The van der Waals surface area contributed by atoms with E-state index < -0.39 is 6.10 Å². The predicted molar refractivity (Wildman–Crippen MR) is 66.2 cm³/mol. The summed E-state index contributed by atoms with van der Waals surface area (Å²) < 4.78 is 10.8. The van der Waals surface area contributed by atoms with E-state index in [0.29, 0.717) is 5.92 Å². The first-order valence-electron chi connectivity index (χ1n) is 6.07. The summed E-state index contributed by atoms with van der Waals surface area (Å²) in [6.07, 6.45) is 0.400. The van der Waals surface area contributed by atoms with Gasteiger partial charge in [0.2, 0.25) is 0 Å². The standard InChI is InChI=1S/C14H20O3/c1-9-6-7-17-14(9)13(15)11-4-5-12(16-3)10(2)8-11/h4-5,8-9,13-15H,6-7H2,1-3H3. The van der Waals surface area contributed by atoms with Gasteiger partial charge in [0, 0.05) is 6.61 Å². The van der Waals surface area contributed by atoms with Gasteiger partial charge in [0.15, 0.2) is 0 Å². The van der Waals surface area contributed by atoms with E-state index in [2.05, 4.69) is 6.92 Å². The zero-order chi connectivity index (χ0) is 12.4. The predicted octanol–water partition coefficient (Wildman–Crippen LogP) is 2.46. The van der Waals surface area contributed by atoms with Gasteiger partial charge in [0.25, 0.3) is 0 Å². The quantitative estimate of drug-likeness (QED) is 0.876. The summed E-state index contributed by atoms with van der Waals surface area (Å²) in [7, 11) is 1.65. The third-order valence-corrected chi connectivity index (χ3v) is 3.52. The molecule has 0 aromatic heterocycles. The fourth-order valence-electron chi connectivity index (χ4n) is 2.40. The molecule has 1 aromatic carbocycles. The minimum absolute atomic E-state index is 0.0807. The summed E-state index contributed by atoms with van der Waals surface area (Å²) in [6.45, 7) is 4.85. The number of rotatable bonds is 3. The molecule has 3 nitrogen and oxygen atoms in total. The maximum Gasteiger partial charge on any atom is 0.121 e. The minimum atomic E-state index is -0.544. The van der Waals surface area contributed by atoms with Crippen molar-refractivity contribution in [3.05, 3.63) is 29.3 Å². The van der Waals surface area contributed by atoms with Crippen LogP contribution in [-0.4, -0.2) is 24.9 Å². The lowest BCUT2D eigenvalue weighted by Crippen LogP contribution is -2.23. The van der Waals surface area contributed by atoms with E-state index in [4.69, 9.17) is 9.47 Å². The Labute approximate surface area is 102 Å². The third-order valence-electron chi connectivity index (χ3n) is 3.52. The van der Waals surface area contributed by atoms with Crippen LogP contribution in [0.25, 0.3) is 0 Å². The van der Waals surface area contributed by atoms with Crippen molar-refractivity contribution in [3.8, 4) is 5.75 Å². The van der Waals surface area contributed by atoms with Crippen molar-refractivity contribution in [2.24, 2.45) is 5.92 Å². The molecule has 3 heteroatoms. The monoisotopic (exact) mass is 236 g/mol. The molecule has 2 rings (SSSR count). The molecule has 94 valence electrons. The first-order chi connectivity index (χ1) is 8.13. The molecule has 1 aliphatic heterocycles. The number of aliphatic hydroxyl groups is 1.